The Bertz CT molecular complexity index is 1070. The average Bonchev–Trinajstić information content (AvgIpc) is 3.26. The van der Waals surface area contributed by atoms with E-state index in [1.54, 1.807) is 4.90 Å². The number of likely N-dealkylation sites (tertiary alicyclic amines) is 1. The summed E-state index contributed by atoms with van der Waals surface area (Å²) in [6.45, 7) is 6.55. The Balaban J connectivity index is 1.23. The van der Waals surface area contributed by atoms with Gasteiger partial charge in [-0.2, -0.15) is 4.39 Å². The fourth-order valence-corrected chi connectivity index (χ4v) is 5.68. The van der Waals surface area contributed by atoms with Gasteiger partial charge in [-0.15, -0.1) is 0 Å². The smallest absolute Gasteiger partial charge is 0.409 e. The maximum absolute atomic E-state index is 14.4. The molecule has 0 N–H and O–H groups in total. The van der Waals surface area contributed by atoms with Gasteiger partial charge in [0, 0.05) is 68.4 Å². The predicted octanol–water partition coefficient (Wildman–Crippen LogP) is 3.69. The number of hydrogen-bond acceptors (Lipinski definition) is 6. The highest BCUT2D eigenvalue weighted by atomic mass is 19.1. The van der Waals surface area contributed by atoms with E-state index in [0.717, 1.165) is 63.9 Å². The van der Waals surface area contributed by atoms with Crippen molar-refractivity contribution in [3.63, 3.8) is 0 Å². The summed E-state index contributed by atoms with van der Waals surface area (Å²) in [6, 6.07) is 2.77. The van der Waals surface area contributed by atoms with Gasteiger partial charge in [0.2, 0.25) is 5.95 Å². The molecule has 34 heavy (non-hydrogen) atoms. The summed E-state index contributed by atoms with van der Waals surface area (Å²) in [6.07, 6.45) is 4.84. The normalized spacial score (nSPS) is 22.2. The molecule has 5 rings (SSSR count). The number of carbonyl (C=O) groups excluding carboxylic acids is 1. The first kappa shape index (κ1) is 22.9. The minimum atomic E-state index is -0.814. The zero-order valence-corrected chi connectivity index (χ0v) is 19.1. The third kappa shape index (κ3) is 4.31. The van der Waals surface area contributed by atoms with Crippen LogP contribution in [0.4, 0.5) is 23.7 Å². The second-order valence-electron chi connectivity index (χ2n) is 9.48. The summed E-state index contributed by atoms with van der Waals surface area (Å²) < 4.78 is 47.2. The van der Waals surface area contributed by atoms with Gasteiger partial charge >= 0.3 is 6.09 Å². The molecule has 1 saturated carbocycles. The topological polar surface area (TPSA) is 61.8 Å². The van der Waals surface area contributed by atoms with E-state index in [1.807, 2.05) is 11.8 Å². The van der Waals surface area contributed by atoms with Crippen LogP contribution in [0.5, 0.6) is 0 Å². The number of halogens is 3. The zero-order chi connectivity index (χ0) is 23.9. The molecule has 3 aliphatic rings. The third-order valence-electron chi connectivity index (χ3n) is 7.34. The van der Waals surface area contributed by atoms with Gasteiger partial charge in [0.1, 0.15) is 5.82 Å². The van der Waals surface area contributed by atoms with Crippen molar-refractivity contribution >= 4 is 11.8 Å². The Labute approximate surface area is 196 Å². The van der Waals surface area contributed by atoms with Crippen molar-refractivity contribution in [1.29, 1.82) is 0 Å². The molecule has 0 aromatic carbocycles. The van der Waals surface area contributed by atoms with Crippen LogP contribution >= 0.6 is 0 Å². The lowest BCUT2D eigenvalue weighted by atomic mass is 9.78. The van der Waals surface area contributed by atoms with E-state index >= 15 is 0 Å². The Morgan fingerprint density at radius 2 is 1.88 bits per heavy atom. The first-order valence-electron chi connectivity index (χ1n) is 11.8. The number of aromatic nitrogens is 2. The Kier molecular flexibility index (Phi) is 6.09. The van der Waals surface area contributed by atoms with Gasteiger partial charge < -0.3 is 14.5 Å². The summed E-state index contributed by atoms with van der Waals surface area (Å²) in [7, 11) is 0. The molecule has 0 unspecified atom stereocenters. The van der Waals surface area contributed by atoms with Gasteiger partial charge in [0.15, 0.2) is 5.82 Å². The molecule has 7 nitrogen and oxygen atoms in total. The van der Waals surface area contributed by atoms with Gasteiger partial charge in [-0.1, -0.05) is 0 Å². The second-order valence-corrected chi connectivity index (χ2v) is 9.48. The third-order valence-corrected chi connectivity index (χ3v) is 7.34. The van der Waals surface area contributed by atoms with Crippen LogP contribution < -0.4 is 4.90 Å². The molecule has 4 heterocycles. The standard InChI is InChI=1S/C24H28F3N5O2/c1-2-34-23(33)32-14-24(15-32)4-3-17(11-24)30-5-7-31(8-6-30)20-9-16(25)12-29-22(20)18-10-21(27)28-13-19(18)26/h9-10,12-13,17H,2-8,11,14-15H2,1H3/t17-/m1/s1. The van der Waals surface area contributed by atoms with Crippen LogP contribution in [0.15, 0.2) is 24.5 Å². The van der Waals surface area contributed by atoms with E-state index in [0.29, 0.717) is 31.4 Å². The number of pyridine rings is 2. The SMILES string of the molecule is CCOC(=O)N1CC2(CC[C@@H](N3CCN(c4cc(F)cnc4-c4cc(F)ncc4F)CC3)C2)C1. The molecule has 2 aliphatic heterocycles. The minimum absolute atomic E-state index is 0.0289. The van der Waals surface area contributed by atoms with E-state index in [9.17, 15) is 18.0 Å². The zero-order valence-electron chi connectivity index (χ0n) is 19.1. The van der Waals surface area contributed by atoms with Gasteiger partial charge in [-0.25, -0.2) is 18.6 Å². The number of piperazine rings is 1. The quantitative estimate of drug-likeness (QED) is 0.629. The number of ether oxygens (including phenoxy) is 1. The van der Waals surface area contributed by atoms with Gasteiger partial charge in [0.05, 0.1) is 30.4 Å². The van der Waals surface area contributed by atoms with E-state index in [4.69, 9.17) is 4.74 Å². The largest absolute Gasteiger partial charge is 0.450 e. The lowest BCUT2D eigenvalue weighted by Crippen LogP contribution is -2.58. The highest BCUT2D eigenvalue weighted by Crippen LogP contribution is 2.47. The Morgan fingerprint density at radius 3 is 2.62 bits per heavy atom. The minimum Gasteiger partial charge on any atom is -0.450 e. The maximum atomic E-state index is 14.4. The van der Waals surface area contributed by atoms with Crippen LogP contribution in [-0.4, -0.2) is 77.8 Å². The summed E-state index contributed by atoms with van der Waals surface area (Å²) in [5.74, 6) is -2.04. The van der Waals surface area contributed by atoms with E-state index in [1.165, 1.54) is 6.07 Å². The van der Waals surface area contributed by atoms with E-state index in [-0.39, 0.29) is 22.8 Å². The highest BCUT2D eigenvalue weighted by Gasteiger charge is 2.51. The Morgan fingerprint density at radius 1 is 1.12 bits per heavy atom. The van der Waals surface area contributed by atoms with Gasteiger partial charge in [-0.3, -0.25) is 9.88 Å². The number of rotatable bonds is 4. The summed E-state index contributed by atoms with van der Waals surface area (Å²) in [5.41, 5.74) is 0.828. The number of amides is 1. The lowest BCUT2D eigenvalue weighted by molar-refractivity contribution is -0.00294. The molecular weight excluding hydrogens is 447 g/mol. The molecule has 182 valence electrons. The molecule has 1 atom stereocenters. The maximum Gasteiger partial charge on any atom is 0.409 e. The molecule has 1 spiro atoms. The lowest BCUT2D eigenvalue weighted by Gasteiger charge is -2.48. The van der Waals surface area contributed by atoms with Gasteiger partial charge in [0.25, 0.3) is 0 Å². The monoisotopic (exact) mass is 475 g/mol. The van der Waals surface area contributed by atoms with Crippen molar-refractivity contribution in [1.82, 2.24) is 19.8 Å². The van der Waals surface area contributed by atoms with Crippen LogP contribution in [0, 0.1) is 23.0 Å². The van der Waals surface area contributed by atoms with Crippen molar-refractivity contribution in [3.05, 3.63) is 42.1 Å². The summed E-state index contributed by atoms with van der Waals surface area (Å²) in [5, 5.41) is 0. The fraction of sp³-hybridized carbons (Fsp3) is 0.542. The summed E-state index contributed by atoms with van der Waals surface area (Å²) in [4.78, 5) is 25.6. The average molecular weight is 476 g/mol. The second kappa shape index (κ2) is 9.05. The molecule has 0 radical (unpaired) electrons. The van der Waals surface area contributed by atoms with Crippen molar-refractivity contribution in [3.8, 4) is 11.3 Å². The van der Waals surface area contributed by atoms with Crippen molar-refractivity contribution in [2.45, 2.75) is 32.2 Å². The molecule has 1 amide bonds. The van der Waals surface area contributed by atoms with Crippen LogP contribution in [0.25, 0.3) is 11.3 Å². The highest BCUT2D eigenvalue weighted by molar-refractivity contribution is 5.75. The van der Waals surface area contributed by atoms with E-state index < -0.39 is 17.6 Å². The molecule has 2 aromatic rings. The van der Waals surface area contributed by atoms with Crippen LogP contribution in [0.3, 0.4) is 0 Å². The molecular formula is C24H28F3N5O2. The molecule has 0 bridgehead atoms. The number of anilines is 1. The molecule has 1 aliphatic carbocycles. The fourth-order valence-electron chi connectivity index (χ4n) is 5.68. The van der Waals surface area contributed by atoms with Crippen molar-refractivity contribution in [2.75, 3.05) is 50.8 Å². The molecule has 2 aromatic heterocycles. The van der Waals surface area contributed by atoms with Crippen LogP contribution in [0.2, 0.25) is 0 Å². The number of hydrogen-bond donors (Lipinski definition) is 0. The number of nitrogens with zero attached hydrogens (tertiary/aromatic N) is 5. The van der Waals surface area contributed by atoms with Crippen LogP contribution in [-0.2, 0) is 4.74 Å². The first-order valence-corrected chi connectivity index (χ1v) is 11.8. The molecule has 2 saturated heterocycles. The molecule has 3 fully saturated rings. The first-order chi connectivity index (χ1) is 16.4. The predicted molar refractivity (Wildman–Crippen MR) is 120 cm³/mol. The Hall–Kier alpha value is -2.88. The van der Waals surface area contributed by atoms with Gasteiger partial charge in [-0.05, 0) is 26.2 Å². The van der Waals surface area contributed by atoms with E-state index in [2.05, 4.69) is 14.9 Å². The number of carbonyl (C=O) groups is 1. The van der Waals surface area contributed by atoms with Crippen molar-refractivity contribution in [2.24, 2.45) is 5.41 Å². The van der Waals surface area contributed by atoms with Crippen molar-refractivity contribution < 1.29 is 22.7 Å². The summed E-state index contributed by atoms with van der Waals surface area (Å²) >= 11 is 0. The molecule has 10 heteroatoms. The van der Waals surface area contributed by atoms with Crippen LogP contribution in [0.1, 0.15) is 26.2 Å².